The average Bonchev–Trinajstić information content (AvgIpc) is 3.39. The van der Waals surface area contributed by atoms with Gasteiger partial charge in [-0.15, -0.1) is 0 Å². The number of aryl methyl sites for hydroxylation is 1. The molecular formula is C34H42ClN5. The molecule has 1 N–H and O–H groups in total. The standard InChI is InChI=1S/C34H42ClN5/c1-26-10-12-27(13-11-26)32-24-31(37-40(32)34(2,3)4)25-36-18-19-38-20-22-39(23-21-38)33(28-8-6-5-7-9-28)29-14-16-30(35)17-15-29/h5-17,24,33,36H,18-23,25H2,1-4H3. The zero-order valence-corrected chi connectivity index (χ0v) is 25.0. The molecule has 3 aromatic carbocycles. The molecule has 2 heterocycles. The SMILES string of the molecule is Cc1ccc(-c2cc(CNCCN3CCN(C(c4ccccc4)c4ccc(Cl)cc4)CC3)nn2C(C)(C)C)cc1. The molecule has 0 saturated carbocycles. The predicted molar refractivity (Wildman–Crippen MR) is 167 cm³/mol. The largest absolute Gasteiger partial charge is 0.310 e. The fraction of sp³-hybridized carbons (Fsp3) is 0.382. The van der Waals surface area contributed by atoms with Gasteiger partial charge in [-0.2, -0.15) is 5.10 Å². The summed E-state index contributed by atoms with van der Waals surface area (Å²) in [5.41, 5.74) is 7.29. The fourth-order valence-electron chi connectivity index (χ4n) is 5.55. The molecule has 0 radical (unpaired) electrons. The molecule has 0 bridgehead atoms. The first-order chi connectivity index (χ1) is 19.3. The summed E-state index contributed by atoms with van der Waals surface area (Å²) in [6.45, 7) is 15.7. The lowest BCUT2D eigenvalue weighted by atomic mass is 9.96. The Kier molecular flexibility index (Phi) is 9.07. The number of aromatic nitrogens is 2. The van der Waals surface area contributed by atoms with Crippen LogP contribution >= 0.6 is 11.6 Å². The van der Waals surface area contributed by atoms with Crippen molar-refractivity contribution in [2.24, 2.45) is 0 Å². The Morgan fingerprint density at radius 1 is 0.850 bits per heavy atom. The number of hydrogen-bond acceptors (Lipinski definition) is 4. The molecule has 1 unspecified atom stereocenters. The summed E-state index contributed by atoms with van der Waals surface area (Å²) in [5.74, 6) is 0. The van der Waals surface area contributed by atoms with E-state index in [0.29, 0.717) is 0 Å². The van der Waals surface area contributed by atoms with E-state index in [4.69, 9.17) is 16.7 Å². The monoisotopic (exact) mass is 555 g/mol. The topological polar surface area (TPSA) is 36.3 Å². The fourth-order valence-corrected chi connectivity index (χ4v) is 5.68. The molecule has 0 spiro atoms. The first-order valence-corrected chi connectivity index (χ1v) is 14.8. The average molecular weight is 556 g/mol. The first-order valence-electron chi connectivity index (χ1n) is 14.4. The van der Waals surface area contributed by atoms with Crippen LogP contribution in [0.15, 0.2) is 84.9 Å². The lowest BCUT2D eigenvalue weighted by molar-refractivity contribution is 0.110. The molecule has 0 aliphatic carbocycles. The Morgan fingerprint density at radius 2 is 1.50 bits per heavy atom. The van der Waals surface area contributed by atoms with Gasteiger partial charge >= 0.3 is 0 Å². The number of nitrogens with one attached hydrogen (secondary N) is 1. The van der Waals surface area contributed by atoms with Crippen molar-refractivity contribution in [3.05, 3.63) is 112 Å². The van der Waals surface area contributed by atoms with Gasteiger partial charge in [-0.1, -0.05) is 83.9 Å². The molecule has 0 amide bonds. The van der Waals surface area contributed by atoms with Crippen LogP contribution in [0.3, 0.4) is 0 Å². The highest BCUT2D eigenvalue weighted by Gasteiger charge is 2.26. The number of benzene rings is 3. The Morgan fingerprint density at radius 3 is 2.15 bits per heavy atom. The van der Waals surface area contributed by atoms with E-state index in [0.717, 1.165) is 56.5 Å². The molecule has 1 atom stereocenters. The van der Waals surface area contributed by atoms with Gasteiger partial charge in [-0.25, -0.2) is 0 Å². The maximum absolute atomic E-state index is 6.20. The number of halogens is 1. The van der Waals surface area contributed by atoms with E-state index in [1.54, 1.807) is 0 Å². The van der Waals surface area contributed by atoms with Gasteiger partial charge in [-0.05, 0) is 62.6 Å². The highest BCUT2D eigenvalue weighted by atomic mass is 35.5. The second-order valence-corrected chi connectivity index (χ2v) is 12.3. The molecule has 6 heteroatoms. The molecule has 5 nitrogen and oxygen atoms in total. The quantitative estimate of drug-likeness (QED) is 0.231. The molecule has 1 fully saturated rings. The van der Waals surface area contributed by atoms with Crippen LogP contribution in [0.4, 0.5) is 0 Å². The molecule has 210 valence electrons. The number of hydrogen-bond donors (Lipinski definition) is 1. The van der Waals surface area contributed by atoms with Crippen molar-refractivity contribution in [1.29, 1.82) is 0 Å². The van der Waals surface area contributed by atoms with Crippen LogP contribution in [0.5, 0.6) is 0 Å². The smallest absolute Gasteiger partial charge is 0.0769 e. The predicted octanol–water partition coefficient (Wildman–Crippen LogP) is 6.76. The van der Waals surface area contributed by atoms with Crippen molar-refractivity contribution in [2.45, 2.75) is 45.8 Å². The van der Waals surface area contributed by atoms with Crippen LogP contribution in [0.1, 0.15) is 49.2 Å². The van der Waals surface area contributed by atoms with Crippen molar-refractivity contribution in [1.82, 2.24) is 24.9 Å². The molecule has 5 rings (SSSR count). The molecule has 1 aromatic heterocycles. The van der Waals surface area contributed by atoms with Crippen LogP contribution in [-0.2, 0) is 12.1 Å². The van der Waals surface area contributed by atoms with Gasteiger partial charge in [0.05, 0.1) is 23.0 Å². The second-order valence-electron chi connectivity index (χ2n) is 11.9. The lowest BCUT2D eigenvalue weighted by Gasteiger charge is -2.39. The third-order valence-electron chi connectivity index (χ3n) is 7.73. The maximum Gasteiger partial charge on any atom is 0.0769 e. The summed E-state index contributed by atoms with van der Waals surface area (Å²) >= 11 is 6.20. The molecule has 1 aliphatic heterocycles. The van der Waals surface area contributed by atoms with E-state index in [1.807, 2.05) is 12.1 Å². The van der Waals surface area contributed by atoms with Crippen LogP contribution in [0, 0.1) is 6.92 Å². The van der Waals surface area contributed by atoms with E-state index >= 15 is 0 Å². The van der Waals surface area contributed by atoms with Crippen molar-refractivity contribution >= 4 is 11.6 Å². The number of nitrogens with zero attached hydrogens (tertiary/aromatic N) is 4. The Balaban J connectivity index is 1.15. The van der Waals surface area contributed by atoms with Crippen LogP contribution in [-0.4, -0.2) is 58.8 Å². The molecule has 4 aromatic rings. The van der Waals surface area contributed by atoms with Crippen molar-refractivity contribution in [3.63, 3.8) is 0 Å². The van der Waals surface area contributed by atoms with Crippen molar-refractivity contribution < 1.29 is 0 Å². The normalized spacial score (nSPS) is 15.8. The zero-order valence-electron chi connectivity index (χ0n) is 24.3. The lowest BCUT2D eigenvalue weighted by Crippen LogP contribution is -2.49. The Hall–Kier alpha value is -2.96. The van der Waals surface area contributed by atoms with Gasteiger partial charge in [0.15, 0.2) is 0 Å². The van der Waals surface area contributed by atoms with Gasteiger partial charge in [0.1, 0.15) is 0 Å². The summed E-state index contributed by atoms with van der Waals surface area (Å²) in [5, 5.41) is 9.41. The molecule has 1 saturated heterocycles. The minimum Gasteiger partial charge on any atom is -0.310 e. The van der Waals surface area contributed by atoms with Gasteiger partial charge < -0.3 is 5.32 Å². The number of rotatable bonds is 9. The maximum atomic E-state index is 6.20. The van der Waals surface area contributed by atoms with Crippen LogP contribution in [0.2, 0.25) is 5.02 Å². The summed E-state index contributed by atoms with van der Waals surface area (Å²) in [6.07, 6.45) is 0. The summed E-state index contributed by atoms with van der Waals surface area (Å²) in [7, 11) is 0. The van der Waals surface area contributed by atoms with Gasteiger partial charge in [0.25, 0.3) is 0 Å². The summed E-state index contributed by atoms with van der Waals surface area (Å²) in [6, 6.07) is 30.4. The van der Waals surface area contributed by atoms with Gasteiger partial charge in [0, 0.05) is 50.8 Å². The molecule has 1 aliphatic rings. The minimum absolute atomic E-state index is 0.0816. The molecule has 40 heavy (non-hydrogen) atoms. The minimum atomic E-state index is -0.0816. The second kappa shape index (κ2) is 12.7. The van der Waals surface area contributed by atoms with Crippen LogP contribution < -0.4 is 5.32 Å². The molecular weight excluding hydrogens is 514 g/mol. The summed E-state index contributed by atoms with van der Waals surface area (Å²) in [4.78, 5) is 5.17. The van der Waals surface area contributed by atoms with Gasteiger partial charge in [0.2, 0.25) is 0 Å². The van der Waals surface area contributed by atoms with Crippen LogP contribution in [0.25, 0.3) is 11.3 Å². The van der Waals surface area contributed by atoms with E-state index in [-0.39, 0.29) is 11.6 Å². The third kappa shape index (κ3) is 7.02. The van der Waals surface area contributed by atoms with E-state index < -0.39 is 0 Å². The zero-order chi connectivity index (χ0) is 28.1. The number of piperazine rings is 1. The van der Waals surface area contributed by atoms with E-state index in [9.17, 15) is 0 Å². The highest BCUT2D eigenvalue weighted by molar-refractivity contribution is 6.30. The highest BCUT2D eigenvalue weighted by Crippen LogP contribution is 2.30. The van der Waals surface area contributed by atoms with Crippen molar-refractivity contribution in [3.8, 4) is 11.3 Å². The van der Waals surface area contributed by atoms with Gasteiger partial charge in [-0.3, -0.25) is 14.5 Å². The van der Waals surface area contributed by atoms with Crippen molar-refractivity contribution in [2.75, 3.05) is 39.3 Å². The third-order valence-corrected chi connectivity index (χ3v) is 7.98. The Labute approximate surface area is 244 Å². The first kappa shape index (κ1) is 28.6. The summed E-state index contributed by atoms with van der Waals surface area (Å²) < 4.78 is 2.16. The Bertz CT molecular complexity index is 1350. The van der Waals surface area contributed by atoms with E-state index in [2.05, 4.69) is 120 Å². The van der Waals surface area contributed by atoms with E-state index in [1.165, 1.54) is 27.9 Å².